The van der Waals surface area contributed by atoms with Gasteiger partial charge in [0.25, 0.3) is 0 Å². The van der Waals surface area contributed by atoms with Crippen molar-refractivity contribution >= 4 is 51.3 Å². The molecule has 3 unspecified atom stereocenters. The Hall–Kier alpha value is -2.25. The number of carboxylic acids is 1. The number of H-pyrrole nitrogens is 1. The number of aliphatic carboxylic acids is 1. The Kier molecular flexibility index (Phi) is 6.44. The van der Waals surface area contributed by atoms with E-state index in [0.717, 1.165) is 44.9 Å². The van der Waals surface area contributed by atoms with Crippen LogP contribution in [-0.2, 0) is 22.4 Å². The van der Waals surface area contributed by atoms with Gasteiger partial charge in [-0.3, -0.25) is 4.79 Å². The first-order valence-electron chi connectivity index (χ1n) is 10.4. The second-order valence-electron chi connectivity index (χ2n) is 8.24. The summed E-state index contributed by atoms with van der Waals surface area (Å²) in [6.45, 7) is 2.01. The van der Waals surface area contributed by atoms with E-state index in [0.29, 0.717) is 5.75 Å². The van der Waals surface area contributed by atoms with E-state index in [2.05, 4.69) is 51.0 Å². The summed E-state index contributed by atoms with van der Waals surface area (Å²) in [5, 5.41) is 13.6. The Morgan fingerprint density at radius 1 is 1.29 bits per heavy atom. The first-order chi connectivity index (χ1) is 14.9. The molecule has 0 saturated carbocycles. The largest absolute Gasteiger partial charge is 0.480 e. The zero-order valence-corrected chi connectivity index (χ0v) is 19.7. The predicted molar refractivity (Wildman–Crippen MR) is 129 cm³/mol. The SMILES string of the molecule is Cc1ccc2c(CC(NC(=O)C(CS)C3CCc4cc(Br)ccc43)C(=O)O)c[nH]c2c1. The number of rotatable bonds is 7. The van der Waals surface area contributed by atoms with E-state index < -0.39 is 12.0 Å². The molecule has 1 aromatic heterocycles. The highest BCUT2D eigenvalue weighted by Crippen LogP contribution is 2.40. The molecule has 3 N–H and O–H groups in total. The lowest BCUT2D eigenvalue weighted by molar-refractivity contribution is -0.142. The smallest absolute Gasteiger partial charge is 0.326 e. The number of thiol groups is 1. The Morgan fingerprint density at radius 2 is 2.10 bits per heavy atom. The summed E-state index contributed by atoms with van der Waals surface area (Å²) in [5.41, 5.74) is 5.37. The van der Waals surface area contributed by atoms with Crippen molar-refractivity contribution in [3.63, 3.8) is 0 Å². The molecule has 1 amide bonds. The van der Waals surface area contributed by atoms with Crippen LogP contribution in [0.15, 0.2) is 47.1 Å². The first-order valence-corrected chi connectivity index (χ1v) is 11.8. The Bertz CT molecular complexity index is 1140. The van der Waals surface area contributed by atoms with Crippen LogP contribution < -0.4 is 5.32 Å². The molecule has 0 bridgehead atoms. The topological polar surface area (TPSA) is 82.2 Å². The molecule has 0 fully saturated rings. The number of fused-ring (bicyclic) bond motifs is 2. The monoisotopic (exact) mass is 500 g/mol. The van der Waals surface area contributed by atoms with Gasteiger partial charge in [0.1, 0.15) is 6.04 Å². The van der Waals surface area contributed by atoms with Crippen molar-refractivity contribution in [3.8, 4) is 0 Å². The van der Waals surface area contributed by atoms with Gasteiger partial charge in [-0.2, -0.15) is 12.6 Å². The molecule has 0 aliphatic heterocycles. The van der Waals surface area contributed by atoms with Crippen LogP contribution in [0.4, 0.5) is 0 Å². The Balaban J connectivity index is 1.52. The standard InChI is InChI=1S/C24H25BrN2O3S/c1-13-2-5-18-15(11-26-21(18)8-13)10-22(24(29)30)27-23(28)20(12-31)19-6-3-14-9-16(25)4-7-17(14)19/h2,4-5,7-9,11,19-20,22,26,31H,3,6,10,12H2,1H3,(H,27,28)(H,29,30). The molecule has 2 aromatic carbocycles. The fraction of sp³-hybridized carbons (Fsp3) is 0.333. The lowest BCUT2D eigenvalue weighted by Gasteiger charge is -2.24. The molecule has 3 aromatic rings. The zero-order valence-electron chi connectivity index (χ0n) is 17.2. The number of amides is 1. The molecule has 0 spiro atoms. The van der Waals surface area contributed by atoms with E-state index in [1.807, 2.05) is 37.4 Å². The number of aryl methyl sites for hydroxylation is 2. The van der Waals surface area contributed by atoms with E-state index >= 15 is 0 Å². The van der Waals surface area contributed by atoms with Gasteiger partial charge in [0, 0.05) is 33.7 Å². The van der Waals surface area contributed by atoms with Crippen molar-refractivity contribution in [1.82, 2.24) is 10.3 Å². The third-order valence-corrected chi connectivity index (χ3v) is 7.10. The molecule has 0 saturated heterocycles. The maximum absolute atomic E-state index is 13.1. The average molecular weight is 501 g/mol. The van der Waals surface area contributed by atoms with Gasteiger partial charge in [-0.15, -0.1) is 0 Å². The van der Waals surface area contributed by atoms with Crippen LogP contribution in [0.25, 0.3) is 10.9 Å². The van der Waals surface area contributed by atoms with E-state index in [1.165, 1.54) is 5.56 Å². The van der Waals surface area contributed by atoms with Gasteiger partial charge in [0.05, 0.1) is 5.92 Å². The number of carboxylic acid groups (broad SMARTS) is 1. The molecule has 162 valence electrons. The lowest BCUT2D eigenvalue weighted by atomic mass is 9.87. The molecular weight excluding hydrogens is 476 g/mol. The first kappa shape index (κ1) is 22.0. The minimum atomic E-state index is -1.04. The van der Waals surface area contributed by atoms with Crippen molar-refractivity contribution < 1.29 is 14.7 Å². The van der Waals surface area contributed by atoms with Crippen LogP contribution in [0.3, 0.4) is 0 Å². The van der Waals surface area contributed by atoms with Gasteiger partial charge in [-0.1, -0.05) is 34.1 Å². The van der Waals surface area contributed by atoms with E-state index in [1.54, 1.807) is 0 Å². The minimum absolute atomic E-state index is 0.0473. The summed E-state index contributed by atoms with van der Waals surface area (Å²) in [4.78, 5) is 28.3. The normalized spacial score (nSPS) is 17.3. The van der Waals surface area contributed by atoms with Crippen molar-refractivity contribution in [2.24, 2.45) is 5.92 Å². The number of benzene rings is 2. The maximum atomic E-state index is 13.1. The van der Waals surface area contributed by atoms with Gasteiger partial charge in [0.15, 0.2) is 0 Å². The number of hydrogen-bond acceptors (Lipinski definition) is 3. The van der Waals surface area contributed by atoms with Crippen LogP contribution in [0.2, 0.25) is 0 Å². The number of nitrogens with one attached hydrogen (secondary N) is 2. The predicted octanol–water partition coefficient (Wildman–Crippen LogP) is 4.63. The summed E-state index contributed by atoms with van der Waals surface area (Å²) in [5.74, 6) is -1.25. The molecule has 1 aliphatic rings. The van der Waals surface area contributed by atoms with E-state index in [9.17, 15) is 14.7 Å². The van der Waals surface area contributed by atoms with Crippen molar-refractivity contribution in [2.45, 2.75) is 38.1 Å². The Morgan fingerprint density at radius 3 is 2.84 bits per heavy atom. The summed E-state index contributed by atoms with van der Waals surface area (Å²) >= 11 is 7.94. The molecule has 1 aliphatic carbocycles. The molecule has 1 heterocycles. The summed E-state index contributed by atoms with van der Waals surface area (Å²) in [7, 11) is 0. The van der Waals surface area contributed by atoms with Crippen molar-refractivity contribution in [2.75, 3.05) is 5.75 Å². The molecule has 3 atom stereocenters. The average Bonchev–Trinajstić information content (AvgIpc) is 3.31. The van der Waals surface area contributed by atoms with Gasteiger partial charge >= 0.3 is 5.97 Å². The zero-order chi connectivity index (χ0) is 22.1. The number of hydrogen-bond donors (Lipinski definition) is 4. The van der Waals surface area contributed by atoms with Crippen molar-refractivity contribution in [1.29, 1.82) is 0 Å². The van der Waals surface area contributed by atoms with E-state index in [4.69, 9.17) is 0 Å². The van der Waals surface area contributed by atoms with Crippen LogP contribution in [0, 0.1) is 12.8 Å². The summed E-state index contributed by atoms with van der Waals surface area (Å²) in [6.07, 6.45) is 3.82. The van der Waals surface area contributed by atoms with Crippen LogP contribution in [0.1, 0.15) is 34.6 Å². The molecular formula is C24H25BrN2O3S. The number of aromatic amines is 1. The molecule has 0 radical (unpaired) electrons. The summed E-state index contributed by atoms with van der Waals surface area (Å²) in [6, 6.07) is 11.2. The number of aromatic nitrogens is 1. The quantitative estimate of drug-likeness (QED) is 0.357. The third-order valence-electron chi connectivity index (χ3n) is 6.21. The fourth-order valence-electron chi connectivity index (χ4n) is 4.60. The molecule has 31 heavy (non-hydrogen) atoms. The highest BCUT2D eigenvalue weighted by atomic mass is 79.9. The highest BCUT2D eigenvalue weighted by molar-refractivity contribution is 9.10. The van der Waals surface area contributed by atoms with Gasteiger partial charge in [0.2, 0.25) is 5.91 Å². The molecule has 4 rings (SSSR count). The summed E-state index contributed by atoms with van der Waals surface area (Å²) < 4.78 is 1.03. The third kappa shape index (κ3) is 4.53. The lowest BCUT2D eigenvalue weighted by Crippen LogP contribution is -2.46. The van der Waals surface area contributed by atoms with Crippen LogP contribution in [-0.4, -0.2) is 33.8 Å². The van der Waals surface area contributed by atoms with Crippen LogP contribution >= 0.6 is 28.6 Å². The fourth-order valence-corrected chi connectivity index (χ4v) is 5.43. The number of carbonyl (C=O) groups is 2. The van der Waals surface area contributed by atoms with Gasteiger partial charge in [-0.05, 0) is 66.1 Å². The van der Waals surface area contributed by atoms with E-state index in [-0.39, 0.29) is 24.2 Å². The number of carbonyl (C=O) groups excluding carboxylic acids is 1. The second kappa shape index (κ2) is 9.09. The van der Waals surface area contributed by atoms with Crippen LogP contribution in [0.5, 0.6) is 0 Å². The number of halogens is 1. The van der Waals surface area contributed by atoms with Crippen molar-refractivity contribution in [3.05, 3.63) is 69.3 Å². The van der Waals surface area contributed by atoms with Gasteiger partial charge < -0.3 is 15.4 Å². The molecule has 7 heteroatoms. The Labute approximate surface area is 195 Å². The van der Waals surface area contributed by atoms with Gasteiger partial charge in [-0.25, -0.2) is 4.79 Å². The second-order valence-corrected chi connectivity index (χ2v) is 9.52. The molecule has 5 nitrogen and oxygen atoms in total. The maximum Gasteiger partial charge on any atom is 0.326 e. The highest BCUT2D eigenvalue weighted by Gasteiger charge is 2.35. The minimum Gasteiger partial charge on any atom is -0.480 e.